The fourth-order valence-corrected chi connectivity index (χ4v) is 4.58. The molecule has 0 saturated carbocycles. The van der Waals surface area contributed by atoms with E-state index in [1.165, 1.54) is 57.9 Å². The molecule has 0 fully saturated rings. The number of azo groups is 1. The Labute approximate surface area is 271 Å². The van der Waals surface area contributed by atoms with Crippen molar-refractivity contribution < 1.29 is 29.2 Å². The second-order valence-corrected chi connectivity index (χ2v) is 9.71. The lowest BCUT2D eigenvalue weighted by Crippen LogP contribution is -2.03. The number of nitrogens with zero attached hydrogens (tertiary/aromatic N) is 8. The maximum atomic E-state index is 12.2. The number of hydrogen-bond acceptors (Lipinski definition) is 13. The molecule has 16 nitrogen and oxygen atoms in total. The molecule has 4 aromatic carbocycles. The summed E-state index contributed by atoms with van der Waals surface area (Å²) in [5.41, 5.74) is 0.409. The van der Waals surface area contributed by atoms with E-state index in [-0.39, 0.29) is 57.1 Å². The SMILES string of the molecule is COc1cc(/C=N\c2c(N=Nc3cc(OC)c(C#N)cc3OC)c(-c3ccccc3)nn2-c2ccc([N+](=O)[O-])cc2[N+](=O)[O-])ccc1O. The summed E-state index contributed by atoms with van der Waals surface area (Å²) in [7, 11) is 4.17. The Kier molecular flexibility index (Phi) is 9.32. The summed E-state index contributed by atoms with van der Waals surface area (Å²) in [6.07, 6.45) is 1.39. The highest BCUT2D eigenvalue weighted by Gasteiger charge is 2.27. The maximum Gasteiger partial charge on any atom is 0.301 e. The molecule has 1 heterocycles. The zero-order valence-corrected chi connectivity index (χ0v) is 25.5. The van der Waals surface area contributed by atoms with Crippen molar-refractivity contribution in [3.63, 3.8) is 0 Å². The molecule has 0 aliphatic heterocycles. The van der Waals surface area contributed by atoms with Gasteiger partial charge < -0.3 is 19.3 Å². The number of methoxy groups -OCH3 is 3. The smallest absolute Gasteiger partial charge is 0.301 e. The standard InChI is InChI=1S/C32H24N8O8/c1-46-27-16-23(28(47-2)14-21(27)17-33)35-36-31-30(20-7-5-4-6-8-20)37-38(24-11-10-22(39(42)43)15-25(24)40(44)45)32(31)34-18-19-9-12-26(41)29(13-19)48-3/h4-16,18,41H,1-3H3/b34-18-,36-35?. The monoisotopic (exact) mass is 648 g/mol. The number of hydrogen-bond donors (Lipinski definition) is 1. The summed E-state index contributed by atoms with van der Waals surface area (Å²) in [5, 5.41) is 56.8. The Morgan fingerprint density at radius 3 is 2.25 bits per heavy atom. The Bertz CT molecular complexity index is 2140. The third-order valence-corrected chi connectivity index (χ3v) is 6.90. The second kappa shape index (κ2) is 13.9. The van der Waals surface area contributed by atoms with Gasteiger partial charge in [0.25, 0.3) is 5.69 Å². The Hall–Kier alpha value is -7.15. The minimum Gasteiger partial charge on any atom is -0.504 e. The molecule has 0 bridgehead atoms. The predicted octanol–water partition coefficient (Wildman–Crippen LogP) is 7.12. The fourth-order valence-electron chi connectivity index (χ4n) is 4.58. The van der Waals surface area contributed by atoms with Crippen LogP contribution in [0.2, 0.25) is 0 Å². The molecule has 1 N–H and O–H groups in total. The molecule has 0 atom stereocenters. The van der Waals surface area contributed by atoms with Gasteiger partial charge in [0.05, 0.1) is 42.8 Å². The van der Waals surface area contributed by atoms with E-state index in [1.807, 2.05) is 6.07 Å². The Morgan fingerprint density at radius 2 is 1.60 bits per heavy atom. The van der Waals surface area contributed by atoms with Crippen LogP contribution < -0.4 is 14.2 Å². The predicted molar refractivity (Wildman–Crippen MR) is 173 cm³/mol. The molecule has 0 aliphatic carbocycles. The molecule has 0 amide bonds. The molecule has 240 valence electrons. The number of phenolic OH excluding ortho intramolecular Hbond substituents is 1. The van der Waals surface area contributed by atoms with Gasteiger partial charge in [-0.15, -0.1) is 10.2 Å². The van der Waals surface area contributed by atoms with Crippen molar-refractivity contribution in [1.82, 2.24) is 9.78 Å². The van der Waals surface area contributed by atoms with Gasteiger partial charge in [0.1, 0.15) is 34.6 Å². The molecule has 1 aromatic heterocycles. The van der Waals surface area contributed by atoms with Crippen LogP contribution in [0.25, 0.3) is 16.9 Å². The second-order valence-electron chi connectivity index (χ2n) is 9.71. The average molecular weight is 649 g/mol. The van der Waals surface area contributed by atoms with Crippen molar-refractivity contribution in [3.05, 3.63) is 110 Å². The number of nitriles is 1. The topological polar surface area (TPSA) is 213 Å². The van der Waals surface area contributed by atoms with Crippen LogP contribution in [0, 0.1) is 31.6 Å². The minimum absolute atomic E-state index is 0.0406. The van der Waals surface area contributed by atoms with Crippen molar-refractivity contribution in [2.24, 2.45) is 15.2 Å². The summed E-state index contributed by atoms with van der Waals surface area (Å²) >= 11 is 0. The number of nitro benzene ring substituents is 2. The van der Waals surface area contributed by atoms with E-state index in [1.54, 1.807) is 36.4 Å². The van der Waals surface area contributed by atoms with E-state index in [4.69, 9.17) is 14.2 Å². The van der Waals surface area contributed by atoms with Crippen molar-refractivity contribution in [2.45, 2.75) is 0 Å². The number of rotatable bonds is 11. The first-order chi connectivity index (χ1) is 23.2. The number of aliphatic imine (C=N–C) groups is 1. The van der Waals surface area contributed by atoms with Crippen LogP contribution in [-0.2, 0) is 0 Å². The molecule has 16 heteroatoms. The van der Waals surface area contributed by atoms with Crippen LogP contribution in [0.1, 0.15) is 11.1 Å². The first-order valence-electron chi connectivity index (χ1n) is 13.8. The van der Waals surface area contributed by atoms with Crippen LogP contribution in [0.3, 0.4) is 0 Å². The first-order valence-corrected chi connectivity index (χ1v) is 13.8. The summed E-state index contributed by atoms with van der Waals surface area (Å²) in [4.78, 5) is 26.8. The highest BCUT2D eigenvalue weighted by Crippen LogP contribution is 2.44. The lowest BCUT2D eigenvalue weighted by Gasteiger charge is -2.08. The van der Waals surface area contributed by atoms with Gasteiger partial charge in [0, 0.05) is 30.0 Å². The van der Waals surface area contributed by atoms with E-state index in [2.05, 4.69) is 20.3 Å². The van der Waals surface area contributed by atoms with Gasteiger partial charge in [-0.2, -0.15) is 10.4 Å². The Balaban J connectivity index is 1.82. The van der Waals surface area contributed by atoms with E-state index < -0.39 is 21.2 Å². The average Bonchev–Trinajstić information content (AvgIpc) is 3.47. The third kappa shape index (κ3) is 6.46. The highest BCUT2D eigenvalue weighted by atomic mass is 16.6. The van der Waals surface area contributed by atoms with Gasteiger partial charge in [-0.1, -0.05) is 30.3 Å². The lowest BCUT2D eigenvalue weighted by molar-refractivity contribution is -0.394. The van der Waals surface area contributed by atoms with Crippen molar-refractivity contribution in [3.8, 4) is 46.0 Å². The first kappa shape index (κ1) is 32.2. The number of aromatic nitrogens is 2. The van der Waals surface area contributed by atoms with Crippen LogP contribution in [0.4, 0.5) is 28.6 Å². The Morgan fingerprint density at radius 1 is 0.875 bits per heavy atom. The summed E-state index contributed by atoms with van der Waals surface area (Å²) in [6, 6.07) is 21.3. The largest absolute Gasteiger partial charge is 0.504 e. The molecule has 48 heavy (non-hydrogen) atoms. The van der Waals surface area contributed by atoms with E-state index >= 15 is 0 Å². The van der Waals surface area contributed by atoms with Gasteiger partial charge in [-0.25, -0.2) is 9.67 Å². The van der Waals surface area contributed by atoms with Crippen molar-refractivity contribution >= 4 is 34.8 Å². The number of aromatic hydroxyl groups is 1. The van der Waals surface area contributed by atoms with E-state index in [0.717, 1.165) is 16.8 Å². The summed E-state index contributed by atoms with van der Waals surface area (Å²) in [5.74, 6) is 0.449. The zero-order valence-electron chi connectivity index (χ0n) is 25.5. The molecular weight excluding hydrogens is 624 g/mol. The summed E-state index contributed by atoms with van der Waals surface area (Å²) < 4.78 is 17.1. The van der Waals surface area contributed by atoms with Gasteiger partial charge in [-0.05, 0) is 29.8 Å². The van der Waals surface area contributed by atoms with Crippen LogP contribution >= 0.6 is 0 Å². The number of ether oxygens (including phenoxy) is 3. The minimum atomic E-state index is -0.764. The van der Waals surface area contributed by atoms with Gasteiger partial charge in [0.2, 0.25) is 0 Å². The molecule has 0 saturated heterocycles. The molecule has 0 unspecified atom stereocenters. The van der Waals surface area contributed by atoms with Crippen molar-refractivity contribution in [2.75, 3.05) is 21.3 Å². The molecular formula is C32H24N8O8. The molecule has 0 radical (unpaired) electrons. The number of nitro groups is 2. The van der Waals surface area contributed by atoms with E-state index in [9.17, 15) is 30.6 Å². The van der Waals surface area contributed by atoms with Gasteiger partial charge in [0.15, 0.2) is 23.0 Å². The van der Waals surface area contributed by atoms with Crippen LogP contribution in [-0.4, -0.2) is 52.3 Å². The fraction of sp³-hybridized carbons (Fsp3) is 0.0938. The highest BCUT2D eigenvalue weighted by molar-refractivity contribution is 5.88. The molecule has 0 spiro atoms. The van der Waals surface area contributed by atoms with Crippen molar-refractivity contribution in [1.29, 1.82) is 5.26 Å². The molecule has 0 aliphatic rings. The number of benzene rings is 4. The summed E-state index contributed by atoms with van der Waals surface area (Å²) in [6.45, 7) is 0. The normalized spacial score (nSPS) is 11.0. The molecule has 5 rings (SSSR count). The van der Waals surface area contributed by atoms with Crippen LogP contribution in [0.15, 0.2) is 94.1 Å². The number of phenols is 1. The van der Waals surface area contributed by atoms with Gasteiger partial charge >= 0.3 is 5.69 Å². The zero-order chi connectivity index (χ0) is 34.4. The van der Waals surface area contributed by atoms with Gasteiger partial charge in [-0.3, -0.25) is 20.2 Å². The number of non-ortho nitro benzene ring substituents is 1. The third-order valence-electron chi connectivity index (χ3n) is 6.90. The van der Waals surface area contributed by atoms with Crippen LogP contribution in [0.5, 0.6) is 23.0 Å². The maximum absolute atomic E-state index is 12.2. The quantitative estimate of drug-likeness (QED) is 0.0662. The molecule has 5 aromatic rings. The van der Waals surface area contributed by atoms with E-state index in [0.29, 0.717) is 11.1 Å². The lowest BCUT2D eigenvalue weighted by atomic mass is 10.1.